The van der Waals surface area contributed by atoms with E-state index in [0.29, 0.717) is 0 Å². The van der Waals surface area contributed by atoms with Crippen LogP contribution >= 0.6 is 0 Å². The van der Waals surface area contributed by atoms with Crippen molar-refractivity contribution in [1.82, 2.24) is 14.7 Å². The molecule has 14 heavy (non-hydrogen) atoms. The lowest BCUT2D eigenvalue weighted by atomic mass is 10.4. The van der Waals surface area contributed by atoms with E-state index in [1.54, 1.807) is 0 Å². The van der Waals surface area contributed by atoms with Crippen molar-refractivity contribution in [2.75, 3.05) is 55.4 Å². The van der Waals surface area contributed by atoms with Gasteiger partial charge in [-0.2, -0.15) is 0 Å². The molecule has 0 aromatic heterocycles. The summed E-state index contributed by atoms with van der Waals surface area (Å²) in [5, 5.41) is 0. The van der Waals surface area contributed by atoms with Gasteiger partial charge in [-0.15, -0.1) is 0 Å². The van der Waals surface area contributed by atoms with Gasteiger partial charge in [0.2, 0.25) is 0 Å². The Morgan fingerprint density at radius 2 is 1.43 bits per heavy atom. The van der Waals surface area contributed by atoms with Gasteiger partial charge in [0, 0.05) is 34.7 Å². The van der Waals surface area contributed by atoms with Crippen LogP contribution in [0.1, 0.15) is 6.42 Å². The molecule has 0 amide bonds. The number of hydrogen-bond donors (Lipinski definition) is 0. The summed E-state index contributed by atoms with van der Waals surface area (Å²) in [5.74, 6) is 1.03. The second kappa shape index (κ2) is 6.65. The molecule has 0 N–H and O–H groups in total. The first-order valence-electron chi connectivity index (χ1n) is 4.99. The molecular formula is C10H24N4. The van der Waals surface area contributed by atoms with Crippen molar-refractivity contribution in [3.8, 4) is 0 Å². The average molecular weight is 200 g/mol. The van der Waals surface area contributed by atoms with Gasteiger partial charge >= 0.3 is 0 Å². The number of nitrogens with zero attached hydrogens (tertiary/aromatic N) is 4. The van der Waals surface area contributed by atoms with Crippen molar-refractivity contribution in [2.45, 2.75) is 6.42 Å². The zero-order valence-corrected chi connectivity index (χ0v) is 10.4. The van der Waals surface area contributed by atoms with Crippen LogP contribution < -0.4 is 0 Å². The lowest BCUT2D eigenvalue weighted by Crippen LogP contribution is -2.35. The van der Waals surface area contributed by atoms with Gasteiger partial charge in [0.05, 0.1) is 0 Å². The maximum atomic E-state index is 4.54. The van der Waals surface area contributed by atoms with Crippen LogP contribution in [0.15, 0.2) is 4.99 Å². The second-order valence-electron chi connectivity index (χ2n) is 4.13. The third-order valence-electron chi connectivity index (χ3n) is 1.82. The van der Waals surface area contributed by atoms with Gasteiger partial charge in [-0.1, -0.05) is 0 Å². The fourth-order valence-electron chi connectivity index (χ4n) is 1.25. The van der Waals surface area contributed by atoms with Gasteiger partial charge < -0.3 is 14.7 Å². The fraction of sp³-hybridized carbons (Fsp3) is 0.900. The van der Waals surface area contributed by atoms with Crippen LogP contribution in [0.5, 0.6) is 0 Å². The first-order valence-corrected chi connectivity index (χ1v) is 4.99. The van der Waals surface area contributed by atoms with Crippen LogP contribution in [0.2, 0.25) is 0 Å². The Labute approximate surface area is 88.2 Å². The summed E-state index contributed by atoms with van der Waals surface area (Å²) in [4.78, 5) is 10.8. The maximum Gasteiger partial charge on any atom is 0.195 e. The van der Waals surface area contributed by atoms with Crippen LogP contribution in [0, 0.1) is 0 Å². The normalized spacial score (nSPS) is 10.2. The summed E-state index contributed by atoms with van der Waals surface area (Å²) < 4.78 is 0. The van der Waals surface area contributed by atoms with E-state index in [0.717, 1.165) is 25.5 Å². The predicted molar refractivity (Wildman–Crippen MR) is 62.8 cm³/mol. The number of aliphatic imine (C=N–C) groups is 1. The van der Waals surface area contributed by atoms with Crippen molar-refractivity contribution < 1.29 is 0 Å². The van der Waals surface area contributed by atoms with E-state index in [1.807, 2.05) is 38.0 Å². The lowest BCUT2D eigenvalue weighted by molar-refractivity contribution is 0.401. The topological polar surface area (TPSA) is 22.1 Å². The molecule has 0 fully saturated rings. The summed E-state index contributed by atoms with van der Waals surface area (Å²) in [6.07, 6.45) is 1.11. The summed E-state index contributed by atoms with van der Waals surface area (Å²) in [7, 11) is 12.2. The molecule has 0 aromatic rings. The Morgan fingerprint density at radius 3 is 1.79 bits per heavy atom. The molecule has 0 aliphatic heterocycles. The third kappa shape index (κ3) is 5.80. The van der Waals surface area contributed by atoms with Gasteiger partial charge in [0.15, 0.2) is 5.96 Å². The van der Waals surface area contributed by atoms with E-state index >= 15 is 0 Å². The Balaban J connectivity index is 3.92. The Kier molecular flexibility index (Phi) is 6.28. The van der Waals surface area contributed by atoms with Crippen LogP contribution in [0.4, 0.5) is 0 Å². The molecule has 4 heteroatoms. The van der Waals surface area contributed by atoms with Crippen molar-refractivity contribution in [3.05, 3.63) is 0 Å². The van der Waals surface area contributed by atoms with E-state index < -0.39 is 0 Å². The van der Waals surface area contributed by atoms with Crippen molar-refractivity contribution in [1.29, 1.82) is 0 Å². The highest BCUT2D eigenvalue weighted by atomic mass is 15.3. The summed E-state index contributed by atoms with van der Waals surface area (Å²) in [6, 6.07) is 0. The second-order valence-corrected chi connectivity index (χ2v) is 4.13. The Hall–Kier alpha value is -0.770. The number of guanidine groups is 1. The molecule has 0 rings (SSSR count). The van der Waals surface area contributed by atoms with Gasteiger partial charge in [-0.3, -0.25) is 4.99 Å². The standard InChI is InChI=1S/C10H24N4/c1-12(2)9-7-8-11-10(13(3)4)14(5)6/h7-9H2,1-6H3. The van der Waals surface area contributed by atoms with E-state index in [-0.39, 0.29) is 0 Å². The average Bonchev–Trinajstić information content (AvgIpc) is 2.01. The van der Waals surface area contributed by atoms with Gasteiger partial charge in [0.1, 0.15) is 0 Å². The van der Waals surface area contributed by atoms with Gasteiger partial charge in [-0.25, -0.2) is 0 Å². The van der Waals surface area contributed by atoms with Crippen LogP contribution in [-0.2, 0) is 0 Å². The fourth-order valence-corrected chi connectivity index (χ4v) is 1.25. The minimum Gasteiger partial charge on any atom is -0.349 e. The zero-order valence-electron chi connectivity index (χ0n) is 10.4. The monoisotopic (exact) mass is 200 g/mol. The molecule has 0 aliphatic carbocycles. The zero-order chi connectivity index (χ0) is 11.1. The van der Waals surface area contributed by atoms with E-state index in [1.165, 1.54) is 0 Å². The highest BCUT2D eigenvalue weighted by Crippen LogP contribution is 1.91. The third-order valence-corrected chi connectivity index (χ3v) is 1.82. The van der Waals surface area contributed by atoms with E-state index in [4.69, 9.17) is 0 Å². The molecule has 0 heterocycles. The Morgan fingerprint density at radius 1 is 0.929 bits per heavy atom. The molecule has 0 saturated carbocycles. The summed E-state index contributed by atoms with van der Waals surface area (Å²) >= 11 is 0. The molecule has 0 saturated heterocycles. The molecule has 0 spiro atoms. The molecule has 0 aliphatic rings. The van der Waals surface area contributed by atoms with Crippen molar-refractivity contribution >= 4 is 5.96 Å². The predicted octanol–water partition coefficient (Wildman–Crippen LogP) is 0.417. The minimum atomic E-state index is 0.893. The van der Waals surface area contributed by atoms with Crippen LogP contribution in [0.25, 0.3) is 0 Å². The molecule has 84 valence electrons. The molecule has 4 nitrogen and oxygen atoms in total. The van der Waals surface area contributed by atoms with Crippen LogP contribution in [0.3, 0.4) is 0 Å². The minimum absolute atomic E-state index is 0.893. The van der Waals surface area contributed by atoms with Crippen molar-refractivity contribution in [3.63, 3.8) is 0 Å². The number of hydrogen-bond acceptors (Lipinski definition) is 2. The van der Waals surface area contributed by atoms with Gasteiger partial charge in [-0.05, 0) is 27.1 Å². The molecule has 0 unspecified atom stereocenters. The quantitative estimate of drug-likeness (QED) is 0.373. The maximum absolute atomic E-state index is 4.54. The summed E-state index contributed by atoms with van der Waals surface area (Å²) in [5.41, 5.74) is 0. The highest BCUT2D eigenvalue weighted by molar-refractivity contribution is 5.79. The molecular weight excluding hydrogens is 176 g/mol. The van der Waals surface area contributed by atoms with E-state index in [2.05, 4.69) is 24.0 Å². The SMILES string of the molecule is CN(C)CCCN=C(N(C)C)N(C)C. The lowest BCUT2D eigenvalue weighted by Gasteiger charge is -2.22. The van der Waals surface area contributed by atoms with E-state index in [9.17, 15) is 0 Å². The highest BCUT2D eigenvalue weighted by Gasteiger charge is 2.02. The number of rotatable bonds is 4. The summed E-state index contributed by atoms with van der Waals surface area (Å²) in [6.45, 7) is 1.99. The van der Waals surface area contributed by atoms with Crippen LogP contribution in [-0.4, -0.2) is 76.0 Å². The first kappa shape index (κ1) is 13.2. The van der Waals surface area contributed by atoms with Gasteiger partial charge in [0.25, 0.3) is 0 Å². The molecule has 0 aromatic carbocycles. The molecule has 0 radical (unpaired) electrons. The Bertz CT molecular complexity index is 163. The largest absolute Gasteiger partial charge is 0.349 e. The smallest absolute Gasteiger partial charge is 0.195 e. The first-order chi connectivity index (χ1) is 6.45. The molecule has 0 bridgehead atoms. The van der Waals surface area contributed by atoms with Crippen molar-refractivity contribution in [2.24, 2.45) is 4.99 Å². The molecule has 0 atom stereocenters.